The van der Waals surface area contributed by atoms with Gasteiger partial charge in [0.25, 0.3) is 0 Å². The van der Waals surface area contributed by atoms with Gasteiger partial charge in [-0.15, -0.1) is 10.2 Å². The van der Waals surface area contributed by atoms with Gasteiger partial charge in [0, 0.05) is 10.7 Å². The summed E-state index contributed by atoms with van der Waals surface area (Å²) in [5.74, 6) is 0.0500. The molecule has 0 unspecified atom stereocenters. The number of amides is 1. The van der Waals surface area contributed by atoms with Gasteiger partial charge in [-0.3, -0.25) is 9.36 Å². The fourth-order valence-electron chi connectivity index (χ4n) is 2.00. The fraction of sp³-hybridized carbons (Fsp3) is 0.308. The maximum Gasteiger partial charge on any atom is 0.247 e. The van der Waals surface area contributed by atoms with Gasteiger partial charge in [-0.05, 0) is 30.9 Å². The zero-order valence-electron chi connectivity index (χ0n) is 11.7. The van der Waals surface area contributed by atoms with Gasteiger partial charge in [0.05, 0.1) is 0 Å². The van der Waals surface area contributed by atoms with Crippen molar-refractivity contribution in [2.75, 3.05) is 17.3 Å². The Balaban J connectivity index is 2.24. The topological polar surface area (TPSA) is 85.8 Å². The van der Waals surface area contributed by atoms with Crippen molar-refractivity contribution in [1.82, 2.24) is 14.8 Å². The molecule has 1 aromatic heterocycles. The molecule has 112 valence electrons. The minimum Gasteiger partial charge on any atom is -0.368 e. The van der Waals surface area contributed by atoms with E-state index in [1.807, 2.05) is 13.2 Å². The average Bonchev–Trinajstić information content (AvgIpc) is 2.81. The molecule has 0 saturated heterocycles. The summed E-state index contributed by atoms with van der Waals surface area (Å²) in [4.78, 5) is 12.5. The van der Waals surface area contributed by atoms with Gasteiger partial charge < -0.3 is 11.1 Å². The summed E-state index contributed by atoms with van der Waals surface area (Å²) in [7, 11) is 0. The Labute approximate surface area is 132 Å². The first kappa shape index (κ1) is 15.7. The number of halogens is 1. The standard InChI is InChI=1S/C13H16ClN5OS/c1-3-10(19-12(15)17-18-13(19)21-2)11(20)16-9-6-4-5-8(14)7-9/h4-7,10H,3H2,1-2H3,(H2,15,17)(H,16,20)/t10-/m0/s1. The lowest BCUT2D eigenvalue weighted by Crippen LogP contribution is -2.27. The number of nitrogens with one attached hydrogen (secondary N) is 1. The molecule has 1 amide bonds. The van der Waals surface area contributed by atoms with Crippen LogP contribution in [0.3, 0.4) is 0 Å². The third-order valence-electron chi connectivity index (χ3n) is 2.97. The second-order valence-corrected chi connectivity index (χ2v) is 5.55. The van der Waals surface area contributed by atoms with Crippen LogP contribution in [0.25, 0.3) is 0 Å². The summed E-state index contributed by atoms with van der Waals surface area (Å²) in [6.45, 7) is 1.91. The lowest BCUT2D eigenvalue weighted by molar-refractivity contribution is -0.119. The largest absolute Gasteiger partial charge is 0.368 e. The highest BCUT2D eigenvalue weighted by molar-refractivity contribution is 7.98. The lowest BCUT2D eigenvalue weighted by atomic mass is 10.2. The number of carbonyl (C=O) groups excluding carboxylic acids is 1. The van der Waals surface area contributed by atoms with E-state index in [4.69, 9.17) is 17.3 Å². The van der Waals surface area contributed by atoms with Crippen LogP contribution in [0.1, 0.15) is 19.4 Å². The molecule has 0 radical (unpaired) electrons. The Hall–Kier alpha value is -1.73. The number of benzene rings is 1. The van der Waals surface area contributed by atoms with Crippen molar-refractivity contribution in [3.05, 3.63) is 29.3 Å². The molecule has 0 saturated carbocycles. The van der Waals surface area contributed by atoms with Crippen molar-refractivity contribution >= 4 is 40.9 Å². The molecule has 1 atom stereocenters. The van der Waals surface area contributed by atoms with Crippen LogP contribution in [0.4, 0.5) is 11.6 Å². The van der Waals surface area contributed by atoms with E-state index in [1.165, 1.54) is 11.8 Å². The summed E-state index contributed by atoms with van der Waals surface area (Å²) in [5, 5.41) is 11.8. The van der Waals surface area contributed by atoms with E-state index in [-0.39, 0.29) is 11.9 Å². The highest BCUT2D eigenvalue weighted by Crippen LogP contribution is 2.25. The maximum atomic E-state index is 12.5. The monoisotopic (exact) mass is 325 g/mol. The molecule has 3 N–H and O–H groups in total. The molecule has 0 bridgehead atoms. The second kappa shape index (κ2) is 6.82. The van der Waals surface area contributed by atoms with Crippen LogP contribution in [0.15, 0.2) is 29.4 Å². The number of rotatable bonds is 5. The molecule has 0 aliphatic rings. The Bertz CT molecular complexity index is 645. The molecule has 6 nitrogen and oxygen atoms in total. The van der Waals surface area contributed by atoms with Crippen molar-refractivity contribution in [3.63, 3.8) is 0 Å². The number of hydrogen-bond donors (Lipinski definition) is 2. The van der Waals surface area contributed by atoms with E-state index in [9.17, 15) is 4.79 Å². The van der Waals surface area contributed by atoms with Crippen LogP contribution < -0.4 is 11.1 Å². The molecular formula is C13H16ClN5OS. The number of anilines is 2. The highest BCUT2D eigenvalue weighted by atomic mass is 35.5. The highest BCUT2D eigenvalue weighted by Gasteiger charge is 2.24. The van der Waals surface area contributed by atoms with Gasteiger partial charge in [0.2, 0.25) is 11.9 Å². The number of nitrogen functional groups attached to an aromatic ring is 1. The molecule has 2 rings (SSSR count). The van der Waals surface area contributed by atoms with Crippen molar-refractivity contribution in [2.24, 2.45) is 0 Å². The van der Waals surface area contributed by atoms with Crippen LogP contribution in [0.5, 0.6) is 0 Å². The first-order valence-electron chi connectivity index (χ1n) is 6.37. The smallest absolute Gasteiger partial charge is 0.247 e. The molecule has 1 aromatic carbocycles. The predicted molar refractivity (Wildman–Crippen MR) is 85.6 cm³/mol. The molecule has 0 aliphatic heterocycles. The number of thioether (sulfide) groups is 1. The molecule has 2 aromatic rings. The van der Waals surface area contributed by atoms with Crippen molar-refractivity contribution in [1.29, 1.82) is 0 Å². The molecule has 21 heavy (non-hydrogen) atoms. The SMILES string of the molecule is CC[C@@H](C(=O)Nc1cccc(Cl)c1)n1c(N)nnc1SC. The number of carbonyl (C=O) groups is 1. The number of hydrogen-bond acceptors (Lipinski definition) is 5. The maximum absolute atomic E-state index is 12.5. The predicted octanol–water partition coefficient (Wildman–Crippen LogP) is 2.83. The Morgan fingerprint density at radius 3 is 2.90 bits per heavy atom. The van der Waals surface area contributed by atoms with Gasteiger partial charge in [0.15, 0.2) is 5.16 Å². The second-order valence-electron chi connectivity index (χ2n) is 4.34. The van der Waals surface area contributed by atoms with Crippen molar-refractivity contribution in [2.45, 2.75) is 24.5 Å². The van der Waals surface area contributed by atoms with E-state index in [1.54, 1.807) is 28.8 Å². The quantitative estimate of drug-likeness (QED) is 0.825. The number of nitrogens with two attached hydrogens (primary N) is 1. The van der Waals surface area contributed by atoms with E-state index in [2.05, 4.69) is 15.5 Å². The summed E-state index contributed by atoms with van der Waals surface area (Å²) in [5.41, 5.74) is 6.47. The van der Waals surface area contributed by atoms with Gasteiger partial charge in [-0.2, -0.15) is 0 Å². The van der Waals surface area contributed by atoms with Gasteiger partial charge in [-0.25, -0.2) is 0 Å². The van der Waals surface area contributed by atoms with Crippen LogP contribution in [-0.4, -0.2) is 26.9 Å². The Morgan fingerprint density at radius 2 is 2.29 bits per heavy atom. The zero-order chi connectivity index (χ0) is 15.4. The van der Waals surface area contributed by atoms with E-state index in [0.29, 0.717) is 22.3 Å². The van der Waals surface area contributed by atoms with Crippen LogP contribution in [0.2, 0.25) is 5.02 Å². The Morgan fingerprint density at radius 1 is 1.52 bits per heavy atom. The minimum atomic E-state index is -0.471. The van der Waals surface area contributed by atoms with Crippen LogP contribution in [0, 0.1) is 0 Å². The van der Waals surface area contributed by atoms with E-state index < -0.39 is 6.04 Å². The summed E-state index contributed by atoms with van der Waals surface area (Å²) in [6, 6.07) is 6.53. The first-order chi connectivity index (χ1) is 10.1. The molecule has 1 heterocycles. The van der Waals surface area contributed by atoms with Gasteiger partial charge >= 0.3 is 0 Å². The van der Waals surface area contributed by atoms with Crippen molar-refractivity contribution < 1.29 is 4.79 Å². The van der Waals surface area contributed by atoms with Crippen LogP contribution in [-0.2, 0) is 4.79 Å². The van der Waals surface area contributed by atoms with Crippen molar-refractivity contribution in [3.8, 4) is 0 Å². The van der Waals surface area contributed by atoms with Gasteiger partial charge in [0.1, 0.15) is 6.04 Å². The normalized spacial score (nSPS) is 12.1. The third kappa shape index (κ3) is 3.48. The summed E-state index contributed by atoms with van der Waals surface area (Å²) in [6.07, 6.45) is 2.43. The van der Waals surface area contributed by atoms with Crippen LogP contribution >= 0.6 is 23.4 Å². The molecule has 0 aliphatic carbocycles. The number of nitrogens with zero attached hydrogens (tertiary/aromatic N) is 3. The van der Waals surface area contributed by atoms with E-state index in [0.717, 1.165) is 0 Å². The molecular weight excluding hydrogens is 310 g/mol. The number of aromatic nitrogens is 3. The summed E-state index contributed by atoms with van der Waals surface area (Å²) < 4.78 is 1.64. The average molecular weight is 326 g/mol. The summed E-state index contributed by atoms with van der Waals surface area (Å²) >= 11 is 7.31. The van der Waals surface area contributed by atoms with E-state index >= 15 is 0 Å². The molecule has 0 spiro atoms. The van der Waals surface area contributed by atoms with Gasteiger partial charge in [-0.1, -0.05) is 36.4 Å². The molecule has 8 heteroatoms. The third-order valence-corrected chi connectivity index (χ3v) is 3.85. The fourth-order valence-corrected chi connectivity index (χ4v) is 2.73. The molecule has 0 fully saturated rings. The lowest BCUT2D eigenvalue weighted by Gasteiger charge is -2.18. The Kier molecular flexibility index (Phi) is 5.08. The zero-order valence-corrected chi connectivity index (χ0v) is 13.3. The first-order valence-corrected chi connectivity index (χ1v) is 7.97. The minimum absolute atomic E-state index is 0.179.